The molecule has 0 radical (unpaired) electrons. The van der Waals surface area contributed by atoms with Gasteiger partial charge in [0.2, 0.25) is 0 Å². The molecule has 0 aliphatic heterocycles. The average Bonchev–Trinajstić information content (AvgIpc) is 2.33. The Bertz CT molecular complexity index is 355. The van der Waals surface area contributed by atoms with Crippen molar-refractivity contribution in [3.8, 4) is 0 Å². The first-order valence-electron chi connectivity index (χ1n) is 2.79. The second-order valence-corrected chi connectivity index (χ2v) is 2.37. The predicted octanol–water partition coefficient (Wildman–Crippen LogP) is 1.38. The first-order chi connectivity index (χ1) is 4.86. The number of aromatic nitrogens is 3. The van der Waals surface area contributed by atoms with E-state index in [9.17, 15) is 0 Å². The summed E-state index contributed by atoms with van der Waals surface area (Å²) in [4.78, 5) is 7.89. The Balaban J connectivity index is 2.86. The molecule has 0 fully saturated rings. The molecule has 0 aromatic carbocycles. The zero-order chi connectivity index (χ0) is 6.97. The number of hydrogen-bond donors (Lipinski definition) is 0. The van der Waals surface area contributed by atoms with E-state index < -0.39 is 0 Å². The van der Waals surface area contributed by atoms with E-state index in [2.05, 4.69) is 9.97 Å². The molecule has 4 heteroatoms. The van der Waals surface area contributed by atoms with Crippen molar-refractivity contribution < 1.29 is 0 Å². The van der Waals surface area contributed by atoms with E-state index in [0.29, 0.717) is 5.02 Å². The maximum Gasteiger partial charge on any atom is 0.156 e. The van der Waals surface area contributed by atoms with Gasteiger partial charge in [0, 0.05) is 12.4 Å². The van der Waals surface area contributed by atoms with Crippen molar-refractivity contribution in [3.63, 3.8) is 0 Å². The van der Waals surface area contributed by atoms with Crippen LogP contribution in [0.2, 0.25) is 5.02 Å². The Morgan fingerprint density at radius 3 is 3.20 bits per heavy atom. The van der Waals surface area contributed by atoms with Gasteiger partial charge in [0.05, 0.1) is 11.2 Å². The van der Waals surface area contributed by atoms with Gasteiger partial charge in [-0.2, -0.15) is 0 Å². The molecule has 2 aromatic heterocycles. The minimum absolute atomic E-state index is 0.616. The van der Waals surface area contributed by atoms with Crippen molar-refractivity contribution in [2.24, 2.45) is 0 Å². The Kier molecular flexibility index (Phi) is 1.11. The summed E-state index contributed by atoms with van der Waals surface area (Å²) in [5.41, 5.74) is 0.810. The van der Waals surface area contributed by atoms with Gasteiger partial charge in [0.15, 0.2) is 5.65 Å². The second-order valence-electron chi connectivity index (χ2n) is 1.93. The lowest BCUT2D eigenvalue weighted by Gasteiger charge is -1.90. The lowest BCUT2D eigenvalue weighted by molar-refractivity contribution is 1.11. The fraction of sp³-hybridized carbons (Fsp3) is 0. The maximum absolute atomic E-state index is 5.66. The topological polar surface area (TPSA) is 30.2 Å². The minimum atomic E-state index is 0.616. The zero-order valence-corrected chi connectivity index (χ0v) is 5.78. The van der Waals surface area contributed by atoms with E-state index in [0.717, 1.165) is 5.65 Å². The third-order valence-electron chi connectivity index (χ3n) is 1.23. The van der Waals surface area contributed by atoms with Gasteiger partial charge in [-0.15, -0.1) is 0 Å². The quantitative estimate of drug-likeness (QED) is 0.573. The largest absolute Gasteiger partial charge is 0.289 e. The van der Waals surface area contributed by atoms with E-state index in [1.165, 1.54) is 0 Å². The van der Waals surface area contributed by atoms with Crippen LogP contribution in [0, 0.1) is 0 Å². The van der Waals surface area contributed by atoms with Gasteiger partial charge >= 0.3 is 0 Å². The lowest BCUT2D eigenvalue weighted by atomic mass is 10.6. The average molecular weight is 154 g/mol. The number of hydrogen-bond acceptors (Lipinski definition) is 2. The van der Waals surface area contributed by atoms with Gasteiger partial charge in [-0.3, -0.25) is 4.40 Å². The number of rotatable bonds is 0. The van der Waals surface area contributed by atoms with Gasteiger partial charge < -0.3 is 0 Å². The van der Waals surface area contributed by atoms with Crippen LogP contribution in [-0.2, 0) is 0 Å². The second kappa shape index (κ2) is 1.95. The molecular formula is C6H4ClN3. The van der Waals surface area contributed by atoms with Crippen molar-refractivity contribution in [1.29, 1.82) is 0 Å². The Hall–Kier alpha value is -1.09. The SMILES string of the molecule is Clc1cnc2cncn2c1. The molecule has 0 saturated heterocycles. The summed E-state index contributed by atoms with van der Waals surface area (Å²) >= 11 is 5.66. The number of nitrogens with zero attached hydrogens (tertiary/aromatic N) is 3. The highest BCUT2D eigenvalue weighted by Crippen LogP contribution is 2.06. The molecule has 10 heavy (non-hydrogen) atoms. The predicted molar refractivity (Wildman–Crippen MR) is 38.0 cm³/mol. The van der Waals surface area contributed by atoms with Crippen molar-refractivity contribution in [3.05, 3.63) is 29.9 Å². The van der Waals surface area contributed by atoms with Crippen LogP contribution in [0.5, 0.6) is 0 Å². The molecule has 0 aliphatic carbocycles. The van der Waals surface area contributed by atoms with E-state index in [-0.39, 0.29) is 0 Å². The summed E-state index contributed by atoms with van der Waals surface area (Å²) in [5, 5.41) is 0.616. The first-order valence-corrected chi connectivity index (χ1v) is 3.17. The maximum atomic E-state index is 5.66. The van der Waals surface area contributed by atoms with Crippen LogP contribution in [0.15, 0.2) is 24.9 Å². The monoisotopic (exact) mass is 153 g/mol. The van der Waals surface area contributed by atoms with Gasteiger partial charge in [0.25, 0.3) is 0 Å². The third-order valence-corrected chi connectivity index (χ3v) is 1.42. The molecule has 0 spiro atoms. The van der Waals surface area contributed by atoms with Crippen LogP contribution in [0.3, 0.4) is 0 Å². The molecule has 50 valence electrons. The van der Waals surface area contributed by atoms with Gasteiger partial charge in [0.1, 0.15) is 6.33 Å². The first kappa shape index (κ1) is 5.68. The fourth-order valence-electron chi connectivity index (χ4n) is 0.791. The Labute approximate surface area is 62.3 Å². The highest BCUT2D eigenvalue weighted by Gasteiger charge is 1.92. The van der Waals surface area contributed by atoms with E-state index in [1.807, 2.05) is 0 Å². The van der Waals surface area contributed by atoms with E-state index in [4.69, 9.17) is 11.6 Å². The summed E-state index contributed by atoms with van der Waals surface area (Å²) in [6.45, 7) is 0. The number of fused-ring (bicyclic) bond motifs is 1. The standard InChI is InChI=1S/C6H4ClN3/c7-5-1-9-6-2-8-4-10(6)3-5/h1-4H. The zero-order valence-electron chi connectivity index (χ0n) is 5.03. The fourth-order valence-corrected chi connectivity index (χ4v) is 0.945. The molecule has 0 unspecified atom stereocenters. The van der Waals surface area contributed by atoms with Crippen LogP contribution in [0.1, 0.15) is 0 Å². The molecule has 2 heterocycles. The van der Waals surface area contributed by atoms with Crippen molar-refractivity contribution >= 4 is 17.2 Å². The highest BCUT2D eigenvalue weighted by molar-refractivity contribution is 6.30. The Morgan fingerprint density at radius 2 is 2.30 bits per heavy atom. The molecule has 0 amide bonds. The van der Waals surface area contributed by atoms with Crippen molar-refractivity contribution in [2.75, 3.05) is 0 Å². The van der Waals surface area contributed by atoms with Crippen LogP contribution in [0.4, 0.5) is 0 Å². The lowest BCUT2D eigenvalue weighted by Crippen LogP contribution is -1.83. The third kappa shape index (κ3) is 0.752. The molecule has 0 aliphatic rings. The summed E-state index contributed by atoms with van der Waals surface area (Å²) in [6, 6.07) is 0. The minimum Gasteiger partial charge on any atom is -0.289 e. The van der Waals surface area contributed by atoms with Gasteiger partial charge in [-0.25, -0.2) is 9.97 Å². The number of halogens is 1. The molecule has 0 atom stereocenters. The van der Waals surface area contributed by atoms with Crippen LogP contribution in [0.25, 0.3) is 5.65 Å². The molecule has 2 rings (SSSR count). The molecule has 0 bridgehead atoms. The molecule has 0 saturated carbocycles. The van der Waals surface area contributed by atoms with E-state index in [1.54, 1.807) is 29.3 Å². The van der Waals surface area contributed by atoms with Crippen LogP contribution < -0.4 is 0 Å². The molecule has 3 nitrogen and oxygen atoms in total. The molecular weight excluding hydrogens is 150 g/mol. The molecule has 0 N–H and O–H groups in total. The Morgan fingerprint density at radius 1 is 1.40 bits per heavy atom. The summed E-state index contributed by atoms with van der Waals surface area (Å²) in [7, 11) is 0. The summed E-state index contributed by atoms with van der Waals surface area (Å²) in [6.07, 6.45) is 6.69. The van der Waals surface area contributed by atoms with E-state index >= 15 is 0 Å². The van der Waals surface area contributed by atoms with Crippen molar-refractivity contribution in [2.45, 2.75) is 0 Å². The van der Waals surface area contributed by atoms with Crippen LogP contribution >= 0.6 is 11.6 Å². The molecule has 2 aromatic rings. The number of imidazole rings is 1. The van der Waals surface area contributed by atoms with Gasteiger partial charge in [-0.05, 0) is 0 Å². The smallest absolute Gasteiger partial charge is 0.156 e. The van der Waals surface area contributed by atoms with Crippen molar-refractivity contribution in [1.82, 2.24) is 14.4 Å². The summed E-state index contributed by atoms with van der Waals surface area (Å²) in [5.74, 6) is 0. The normalized spacial score (nSPS) is 10.5. The summed E-state index contributed by atoms with van der Waals surface area (Å²) < 4.78 is 1.77. The highest BCUT2D eigenvalue weighted by atomic mass is 35.5. The van der Waals surface area contributed by atoms with Gasteiger partial charge in [-0.1, -0.05) is 11.6 Å². The van der Waals surface area contributed by atoms with Crippen LogP contribution in [-0.4, -0.2) is 14.4 Å².